The van der Waals surface area contributed by atoms with Gasteiger partial charge in [-0.05, 0) is 31.7 Å². The van der Waals surface area contributed by atoms with Crippen LogP contribution >= 0.6 is 0 Å². The number of aryl methyl sites for hydroxylation is 1. The lowest BCUT2D eigenvalue weighted by Crippen LogP contribution is -2.35. The Morgan fingerprint density at radius 1 is 1.35 bits per heavy atom. The SMILES string of the molecule is Cn1ccc(C(=O)N2CCCC3(CCNC3=O)CC2)n1. The summed E-state index contributed by atoms with van der Waals surface area (Å²) in [5, 5.41) is 7.10. The van der Waals surface area contributed by atoms with Crippen molar-refractivity contribution in [2.75, 3.05) is 19.6 Å². The van der Waals surface area contributed by atoms with Gasteiger partial charge in [-0.3, -0.25) is 14.3 Å². The molecule has 0 bridgehead atoms. The molecule has 0 aromatic carbocycles. The zero-order valence-corrected chi connectivity index (χ0v) is 11.8. The monoisotopic (exact) mass is 276 g/mol. The molecular formula is C14H20N4O2. The van der Waals surface area contributed by atoms with E-state index in [1.807, 2.05) is 4.90 Å². The Morgan fingerprint density at radius 2 is 2.20 bits per heavy atom. The molecule has 20 heavy (non-hydrogen) atoms. The molecule has 1 unspecified atom stereocenters. The summed E-state index contributed by atoms with van der Waals surface area (Å²) in [6.07, 6.45) is 5.20. The Kier molecular flexibility index (Phi) is 3.23. The van der Waals surface area contributed by atoms with Crippen molar-refractivity contribution < 1.29 is 9.59 Å². The molecule has 2 aliphatic heterocycles. The number of aromatic nitrogens is 2. The average Bonchev–Trinajstić information content (AvgIpc) is 2.93. The molecule has 108 valence electrons. The number of rotatable bonds is 1. The highest BCUT2D eigenvalue weighted by atomic mass is 16.2. The van der Waals surface area contributed by atoms with E-state index < -0.39 is 0 Å². The number of amides is 2. The number of hydrogen-bond acceptors (Lipinski definition) is 3. The topological polar surface area (TPSA) is 67.2 Å². The van der Waals surface area contributed by atoms with E-state index >= 15 is 0 Å². The van der Waals surface area contributed by atoms with Crippen molar-refractivity contribution >= 4 is 11.8 Å². The quantitative estimate of drug-likeness (QED) is 0.814. The van der Waals surface area contributed by atoms with Crippen molar-refractivity contribution in [2.24, 2.45) is 12.5 Å². The lowest BCUT2D eigenvalue weighted by atomic mass is 9.79. The first-order valence-corrected chi connectivity index (χ1v) is 7.18. The van der Waals surface area contributed by atoms with Crippen LogP contribution in [0, 0.1) is 5.41 Å². The smallest absolute Gasteiger partial charge is 0.274 e. The van der Waals surface area contributed by atoms with Crippen LogP contribution in [0.3, 0.4) is 0 Å². The molecule has 3 rings (SSSR count). The van der Waals surface area contributed by atoms with Crippen LogP contribution in [0.4, 0.5) is 0 Å². The first kappa shape index (κ1) is 13.1. The van der Waals surface area contributed by atoms with Crippen LogP contribution in [0.5, 0.6) is 0 Å². The summed E-state index contributed by atoms with van der Waals surface area (Å²) in [6.45, 7) is 2.13. The summed E-state index contributed by atoms with van der Waals surface area (Å²) >= 11 is 0. The molecule has 0 saturated carbocycles. The molecule has 0 aliphatic carbocycles. The summed E-state index contributed by atoms with van der Waals surface area (Å²) in [5.41, 5.74) is 0.249. The second-order valence-electron chi connectivity index (χ2n) is 5.81. The van der Waals surface area contributed by atoms with Gasteiger partial charge in [-0.15, -0.1) is 0 Å². The van der Waals surface area contributed by atoms with Crippen molar-refractivity contribution in [2.45, 2.75) is 25.7 Å². The van der Waals surface area contributed by atoms with E-state index in [9.17, 15) is 9.59 Å². The van der Waals surface area contributed by atoms with E-state index in [2.05, 4.69) is 10.4 Å². The van der Waals surface area contributed by atoms with Crippen molar-refractivity contribution in [1.82, 2.24) is 20.0 Å². The molecule has 1 spiro atoms. The van der Waals surface area contributed by atoms with E-state index in [-0.39, 0.29) is 17.2 Å². The van der Waals surface area contributed by atoms with Gasteiger partial charge in [0.15, 0.2) is 0 Å². The second-order valence-corrected chi connectivity index (χ2v) is 5.81. The summed E-state index contributed by atoms with van der Waals surface area (Å²) in [7, 11) is 1.80. The molecule has 1 aromatic heterocycles. The van der Waals surface area contributed by atoms with Crippen molar-refractivity contribution in [3.8, 4) is 0 Å². The minimum Gasteiger partial charge on any atom is -0.356 e. The third kappa shape index (κ3) is 2.19. The van der Waals surface area contributed by atoms with Gasteiger partial charge >= 0.3 is 0 Å². The minimum absolute atomic E-state index is 0.0268. The van der Waals surface area contributed by atoms with Gasteiger partial charge in [-0.1, -0.05) is 0 Å². The first-order chi connectivity index (χ1) is 9.61. The van der Waals surface area contributed by atoms with Crippen LogP contribution in [-0.2, 0) is 11.8 Å². The predicted octanol–water partition coefficient (Wildman–Crippen LogP) is 0.552. The molecule has 1 atom stereocenters. The van der Waals surface area contributed by atoms with Crippen molar-refractivity contribution in [3.63, 3.8) is 0 Å². The fourth-order valence-electron chi connectivity index (χ4n) is 3.28. The van der Waals surface area contributed by atoms with E-state index in [4.69, 9.17) is 0 Å². The zero-order chi connectivity index (χ0) is 14.2. The highest BCUT2D eigenvalue weighted by Gasteiger charge is 2.43. The van der Waals surface area contributed by atoms with Gasteiger partial charge in [-0.25, -0.2) is 0 Å². The Labute approximate surface area is 118 Å². The maximum absolute atomic E-state index is 12.4. The first-order valence-electron chi connectivity index (χ1n) is 7.18. The normalized spacial score (nSPS) is 26.6. The number of nitrogens with one attached hydrogen (secondary N) is 1. The number of hydrogen-bond donors (Lipinski definition) is 1. The molecule has 0 radical (unpaired) electrons. The van der Waals surface area contributed by atoms with Gasteiger partial charge < -0.3 is 10.2 Å². The zero-order valence-electron chi connectivity index (χ0n) is 11.8. The van der Waals surface area contributed by atoms with Crippen LogP contribution in [0.2, 0.25) is 0 Å². The lowest BCUT2D eigenvalue weighted by Gasteiger charge is -2.24. The molecular weight excluding hydrogens is 256 g/mol. The summed E-state index contributed by atoms with van der Waals surface area (Å²) in [4.78, 5) is 26.3. The van der Waals surface area contributed by atoms with E-state index in [0.29, 0.717) is 18.8 Å². The number of carbonyl (C=O) groups is 2. The molecule has 3 heterocycles. The lowest BCUT2D eigenvalue weighted by molar-refractivity contribution is -0.128. The molecule has 1 N–H and O–H groups in total. The van der Waals surface area contributed by atoms with Gasteiger partial charge in [0.1, 0.15) is 5.69 Å². The predicted molar refractivity (Wildman–Crippen MR) is 73.0 cm³/mol. The third-order valence-corrected chi connectivity index (χ3v) is 4.53. The van der Waals surface area contributed by atoms with Crippen LogP contribution in [0.15, 0.2) is 12.3 Å². The molecule has 2 fully saturated rings. The molecule has 2 saturated heterocycles. The molecule has 1 aromatic rings. The number of likely N-dealkylation sites (tertiary alicyclic amines) is 1. The third-order valence-electron chi connectivity index (χ3n) is 4.53. The van der Waals surface area contributed by atoms with E-state index in [1.165, 1.54) is 0 Å². The number of carbonyl (C=O) groups excluding carboxylic acids is 2. The van der Waals surface area contributed by atoms with Gasteiger partial charge in [0, 0.05) is 32.9 Å². The van der Waals surface area contributed by atoms with E-state index in [1.54, 1.807) is 24.0 Å². The second kappa shape index (κ2) is 4.92. The van der Waals surface area contributed by atoms with Gasteiger partial charge in [0.2, 0.25) is 5.91 Å². The number of nitrogens with zero attached hydrogens (tertiary/aromatic N) is 3. The van der Waals surface area contributed by atoms with Gasteiger partial charge in [-0.2, -0.15) is 5.10 Å². The summed E-state index contributed by atoms with van der Waals surface area (Å²) < 4.78 is 1.64. The largest absolute Gasteiger partial charge is 0.356 e. The molecule has 6 nitrogen and oxygen atoms in total. The summed E-state index contributed by atoms with van der Waals surface area (Å²) in [5.74, 6) is 0.144. The van der Waals surface area contributed by atoms with Crippen molar-refractivity contribution in [1.29, 1.82) is 0 Å². The van der Waals surface area contributed by atoms with Crippen LogP contribution in [-0.4, -0.2) is 46.1 Å². The fraction of sp³-hybridized carbons (Fsp3) is 0.643. The molecule has 2 amide bonds. The fourth-order valence-corrected chi connectivity index (χ4v) is 3.28. The highest BCUT2D eigenvalue weighted by molar-refractivity contribution is 5.92. The van der Waals surface area contributed by atoms with Crippen LogP contribution in [0.25, 0.3) is 0 Å². The maximum atomic E-state index is 12.4. The minimum atomic E-state index is -0.237. The average molecular weight is 276 g/mol. The highest BCUT2D eigenvalue weighted by Crippen LogP contribution is 2.38. The van der Waals surface area contributed by atoms with Crippen molar-refractivity contribution in [3.05, 3.63) is 18.0 Å². The van der Waals surface area contributed by atoms with E-state index in [0.717, 1.165) is 32.2 Å². The van der Waals surface area contributed by atoms with Crippen LogP contribution < -0.4 is 5.32 Å². The Morgan fingerprint density at radius 3 is 2.85 bits per heavy atom. The summed E-state index contributed by atoms with van der Waals surface area (Å²) in [6, 6.07) is 1.74. The standard InChI is InChI=1S/C14H20N4O2/c1-17-9-3-11(16-17)12(19)18-8-2-4-14(6-10-18)5-7-15-13(14)20/h3,9H,2,4-8,10H2,1H3,(H,15,20). The van der Waals surface area contributed by atoms with Crippen LogP contribution in [0.1, 0.15) is 36.2 Å². The Hall–Kier alpha value is -1.85. The molecule has 2 aliphatic rings. The Balaban J connectivity index is 1.71. The Bertz CT molecular complexity index is 539. The maximum Gasteiger partial charge on any atom is 0.274 e. The van der Waals surface area contributed by atoms with Gasteiger partial charge in [0.25, 0.3) is 5.91 Å². The molecule has 6 heteroatoms. The van der Waals surface area contributed by atoms with Gasteiger partial charge in [0.05, 0.1) is 5.41 Å².